The maximum atomic E-state index is 11.9. The molecule has 0 bridgehead atoms. The molecule has 0 radical (unpaired) electrons. The second-order valence-electron chi connectivity index (χ2n) is 9.60. The molecule has 0 aliphatic heterocycles. The number of aromatic nitrogens is 3. The van der Waals surface area contributed by atoms with Crippen LogP contribution < -0.4 is 0 Å². The third kappa shape index (κ3) is 5.20. The van der Waals surface area contributed by atoms with Gasteiger partial charge in [-0.1, -0.05) is 31.4 Å². The van der Waals surface area contributed by atoms with Gasteiger partial charge in [-0.05, 0) is 67.7 Å². The van der Waals surface area contributed by atoms with Gasteiger partial charge >= 0.3 is 11.9 Å². The quantitative estimate of drug-likeness (QED) is 0.266. The number of nitrogens with zero attached hydrogens (tertiary/aromatic N) is 3. The van der Waals surface area contributed by atoms with E-state index in [4.69, 9.17) is 4.98 Å². The van der Waals surface area contributed by atoms with E-state index in [0.717, 1.165) is 75.2 Å². The maximum absolute atomic E-state index is 11.9. The molecule has 0 amide bonds. The minimum atomic E-state index is -1.06. The highest BCUT2D eigenvalue weighted by atomic mass is 32.1. The van der Waals surface area contributed by atoms with Crippen molar-refractivity contribution in [2.75, 3.05) is 0 Å². The van der Waals surface area contributed by atoms with E-state index in [1.54, 1.807) is 11.3 Å². The van der Waals surface area contributed by atoms with Gasteiger partial charge in [0.2, 0.25) is 0 Å². The zero-order valence-corrected chi connectivity index (χ0v) is 21.7. The van der Waals surface area contributed by atoms with E-state index in [9.17, 15) is 19.8 Å². The monoisotopic (exact) mass is 515 g/mol. The Labute approximate surface area is 219 Å². The molecule has 2 N–H and O–H groups in total. The van der Waals surface area contributed by atoms with E-state index in [1.165, 1.54) is 12.5 Å². The van der Waals surface area contributed by atoms with Crippen LogP contribution in [0.4, 0.5) is 0 Å². The summed E-state index contributed by atoms with van der Waals surface area (Å²) in [5, 5.41) is 20.9. The van der Waals surface area contributed by atoms with Crippen LogP contribution in [0, 0.1) is 13.8 Å². The molecule has 3 aromatic heterocycles. The van der Waals surface area contributed by atoms with Gasteiger partial charge in [0.05, 0.1) is 38.9 Å². The second kappa shape index (κ2) is 10.3. The number of carboxylic acid groups (broad SMARTS) is 2. The summed E-state index contributed by atoms with van der Waals surface area (Å²) in [4.78, 5) is 33.6. The first-order valence-electron chi connectivity index (χ1n) is 12.5. The molecule has 0 spiro atoms. The standard InChI is InChI=1S/C29H29N3O4S/c1-17-29(37-18(2)30-17)25-12-8-19-14-20(9-11-24(19)31-25)28-23(15-27(35)36)21(10-13-26(33)34)16-32(28)22-6-4-3-5-7-22/h8-14,16,22H,3-7,15H2,1-2H3,(H,33,34)(H,35,36)/b13-10+. The van der Waals surface area contributed by atoms with Crippen LogP contribution in [0.25, 0.3) is 38.8 Å². The molecule has 37 heavy (non-hydrogen) atoms. The molecule has 7 nitrogen and oxygen atoms in total. The highest BCUT2D eigenvalue weighted by molar-refractivity contribution is 7.15. The molecular formula is C29H29N3O4S. The number of carbonyl (C=O) groups is 2. The zero-order chi connectivity index (χ0) is 26.1. The van der Waals surface area contributed by atoms with E-state index >= 15 is 0 Å². The Morgan fingerprint density at radius 3 is 2.54 bits per heavy atom. The predicted molar refractivity (Wildman–Crippen MR) is 146 cm³/mol. The first kappa shape index (κ1) is 24.9. The van der Waals surface area contributed by atoms with Crippen LogP contribution in [0.3, 0.4) is 0 Å². The summed E-state index contributed by atoms with van der Waals surface area (Å²) in [7, 11) is 0. The van der Waals surface area contributed by atoms with Gasteiger partial charge in [0, 0.05) is 23.7 Å². The van der Waals surface area contributed by atoms with Gasteiger partial charge in [-0.25, -0.2) is 14.8 Å². The molecule has 4 aromatic rings. The predicted octanol–water partition coefficient (Wildman–Crippen LogP) is 6.67. The molecule has 5 rings (SSSR count). The van der Waals surface area contributed by atoms with Crippen molar-refractivity contribution in [3.05, 3.63) is 64.4 Å². The summed E-state index contributed by atoms with van der Waals surface area (Å²) in [5.74, 6) is -2.01. The van der Waals surface area contributed by atoms with Crippen LogP contribution in [0.5, 0.6) is 0 Å². The molecule has 0 unspecified atom stereocenters. The van der Waals surface area contributed by atoms with Gasteiger partial charge in [-0.2, -0.15) is 0 Å². The second-order valence-corrected chi connectivity index (χ2v) is 10.8. The fourth-order valence-corrected chi connectivity index (χ4v) is 6.25. The Bertz CT molecular complexity index is 1530. The lowest BCUT2D eigenvalue weighted by molar-refractivity contribution is -0.136. The Balaban J connectivity index is 1.65. The summed E-state index contributed by atoms with van der Waals surface area (Å²) in [6.07, 6.45) is 9.81. The average Bonchev–Trinajstić information content (AvgIpc) is 3.40. The number of fused-ring (bicyclic) bond motifs is 1. The highest BCUT2D eigenvalue weighted by Gasteiger charge is 2.25. The van der Waals surface area contributed by atoms with Crippen molar-refractivity contribution < 1.29 is 19.8 Å². The Morgan fingerprint density at radius 1 is 1.08 bits per heavy atom. The molecule has 1 aromatic carbocycles. The number of aliphatic carboxylic acids is 2. The maximum Gasteiger partial charge on any atom is 0.328 e. The highest BCUT2D eigenvalue weighted by Crippen LogP contribution is 2.39. The molecular weight excluding hydrogens is 486 g/mol. The third-order valence-corrected chi connectivity index (χ3v) is 8.07. The lowest BCUT2D eigenvalue weighted by Gasteiger charge is -2.26. The fraction of sp³-hybridized carbons (Fsp3) is 0.310. The van der Waals surface area contributed by atoms with Crippen LogP contribution in [-0.4, -0.2) is 36.7 Å². The lowest BCUT2D eigenvalue weighted by atomic mass is 9.94. The Kier molecular flexibility index (Phi) is 6.93. The topological polar surface area (TPSA) is 105 Å². The number of hydrogen-bond acceptors (Lipinski definition) is 5. The van der Waals surface area contributed by atoms with Crippen molar-refractivity contribution in [1.82, 2.24) is 14.5 Å². The summed E-state index contributed by atoms with van der Waals surface area (Å²) in [6.45, 7) is 3.98. The normalized spacial score (nSPS) is 14.5. The number of hydrogen-bond donors (Lipinski definition) is 2. The molecule has 0 saturated heterocycles. The van der Waals surface area contributed by atoms with Crippen molar-refractivity contribution >= 4 is 40.3 Å². The van der Waals surface area contributed by atoms with Crippen LogP contribution >= 0.6 is 11.3 Å². The summed E-state index contributed by atoms with van der Waals surface area (Å²) in [5.41, 5.74) is 5.74. The van der Waals surface area contributed by atoms with E-state index < -0.39 is 11.9 Å². The van der Waals surface area contributed by atoms with E-state index in [2.05, 4.69) is 15.6 Å². The lowest BCUT2D eigenvalue weighted by Crippen LogP contribution is -2.13. The number of pyridine rings is 1. The Morgan fingerprint density at radius 2 is 1.86 bits per heavy atom. The molecule has 3 heterocycles. The number of carboxylic acids is 2. The van der Waals surface area contributed by atoms with Gasteiger partial charge in [-0.3, -0.25) is 4.79 Å². The molecule has 1 aliphatic carbocycles. The van der Waals surface area contributed by atoms with Gasteiger partial charge < -0.3 is 14.8 Å². The minimum Gasteiger partial charge on any atom is -0.481 e. The zero-order valence-electron chi connectivity index (χ0n) is 20.9. The van der Waals surface area contributed by atoms with Crippen LogP contribution in [0.2, 0.25) is 0 Å². The van der Waals surface area contributed by atoms with Crippen molar-refractivity contribution in [2.24, 2.45) is 0 Å². The van der Waals surface area contributed by atoms with Crippen molar-refractivity contribution in [2.45, 2.75) is 58.4 Å². The van der Waals surface area contributed by atoms with Gasteiger partial charge in [0.15, 0.2) is 0 Å². The molecule has 1 aliphatic rings. The molecule has 190 valence electrons. The van der Waals surface area contributed by atoms with Gasteiger partial charge in [0.25, 0.3) is 0 Å². The van der Waals surface area contributed by atoms with E-state index in [-0.39, 0.29) is 12.5 Å². The van der Waals surface area contributed by atoms with Crippen molar-refractivity contribution in [3.63, 3.8) is 0 Å². The fourth-order valence-electron chi connectivity index (χ4n) is 5.37. The van der Waals surface area contributed by atoms with Gasteiger partial charge in [0.1, 0.15) is 0 Å². The van der Waals surface area contributed by atoms with Gasteiger partial charge in [-0.15, -0.1) is 11.3 Å². The van der Waals surface area contributed by atoms with Crippen LogP contribution in [-0.2, 0) is 16.0 Å². The first-order valence-corrected chi connectivity index (χ1v) is 13.3. The van der Waals surface area contributed by atoms with E-state index in [0.29, 0.717) is 11.1 Å². The number of aryl methyl sites for hydroxylation is 2. The van der Waals surface area contributed by atoms with Crippen molar-refractivity contribution in [3.8, 4) is 21.8 Å². The van der Waals surface area contributed by atoms with Crippen LogP contribution in [0.1, 0.15) is 60.0 Å². The number of benzene rings is 1. The molecule has 1 fully saturated rings. The van der Waals surface area contributed by atoms with E-state index in [1.807, 2.05) is 44.3 Å². The molecule has 1 saturated carbocycles. The smallest absolute Gasteiger partial charge is 0.328 e. The molecule has 8 heteroatoms. The summed E-state index contributed by atoms with van der Waals surface area (Å²) in [6, 6.07) is 10.3. The first-order chi connectivity index (χ1) is 17.8. The summed E-state index contributed by atoms with van der Waals surface area (Å²) < 4.78 is 2.19. The Hall–Kier alpha value is -3.78. The number of rotatable bonds is 7. The minimum absolute atomic E-state index is 0.187. The SMILES string of the molecule is Cc1nc(C)c(-c2ccc3cc(-c4c(CC(=O)O)c(/C=C/C(=O)O)cn4C4CCCCC4)ccc3n2)s1. The van der Waals surface area contributed by atoms with Crippen LogP contribution in [0.15, 0.2) is 42.6 Å². The van der Waals surface area contributed by atoms with Crippen molar-refractivity contribution in [1.29, 1.82) is 0 Å². The summed E-state index contributed by atoms with van der Waals surface area (Å²) >= 11 is 1.63. The average molecular weight is 516 g/mol. The molecule has 0 atom stereocenters. The number of thiazole rings is 1. The third-order valence-electron chi connectivity index (χ3n) is 6.97. The largest absolute Gasteiger partial charge is 0.481 e.